The van der Waals surface area contributed by atoms with Crippen LogP contribution in [0.1, 0.15) is 27.6 Å². The molecule has 2 N–H and O–H groups in total. The van der Waals surface area contributed by atoms with Gasteiger partial charge in [-0.2, -0.15) is 0 Å². The van der Waals surface area contributed by atoms with E-state index in [0.29, 0.717) is 5.75 Å². The third kappa shape index (κ3) is 4.82. The normalized spacial score (nSPS) is 10.9. The molecule has 2 aromatic carbocycles. The number of halogens is 1. The third-order valence-electron chi connectivity index (χ3n) is 3.68. The lowest BCUT2D eigenvalue weighted by Crippen LogP contribution is -2.22. The predicted molar refractivity (Wildman–Crippen MR) is 107 cm³/mol. The van der Waals surface area contributed by atoms with E-state index in [1.54, 1.807) is 6.92 Å². The second-order valence-corrected chi connectivity index (χ2v) is 7.97. The van der Waals surface area contributed by atoms with Gasteiger partial charge in [-0.25, -0.2) is 13.2 Å². The summed E-state index contributed by atoms with van der Waals surface area (Å²) in [5.74, 6) is -0.632. The van der Waals surface area contributed by atoms with E-state index in [4.69, 9.17) is 9.47 Å². The highest BCUT2D eigenvalue weighted by atomic mass is 79.9. The number of amides is 1. The van der Waals surface area contributed by atoms with Crippen molar-refractivity contribution < 1.29 is 27.5 Å². The van der Waals surface area contributed by atoms with Crippen LogP contribution in [0, 0.1) is 0 Å². The van der Waals surface area contributed by atoms with Crippen LogP contribution in [-0.2, 0) is 14.8 Å². The van der Waals surface area contributed by atoms with Gasteiger partial charge in [0.05, 0.1) is 30.5 Å². The topological polar surface area (TPSA) is 111 Å². The summed E-state index contributed by atoms with van der Waals surface area (Å²) in [5.41, 5.74) is 0.398. The fourth-order valence-electron chi connectivity index (χ4n) is 2.32. The minimum Gasteiger partial charge on any atom is -0.497 e. The molecular weight excluding hydrogens is 452 g/mol. The van der Waals surface area contributed by atoms with Gasteiger partial charge >= 0.3 is 5.97 Å². The first-order valence-corrected chi connectivity index (χ1v) is 10.4. The highest BCUT2D eigenvalue weighted by molar-refractivity contribution is 9.10. The first-order valence-electron chi connectivity index (χ1n) is 8.13. The molecule has 0 aromatic heterocycles. The van der Waals surface area contributed by atoms with Crippen LogP contribution >= 0.6 is 15.9 Å². The zero-order chi connectivity index (χ0) is 20.9. The SMILES string of the molecule is CCOC(=O)c1ccc(S(=O)(=O)Nc2ccc(OC)cc2C(=O)NC)c(Br)c1. The molecule has 10 heteroatoms. The number of esters is 1. The van der Waals surface area contributed by atoms with Gasteiger partial charge in [-0.1, -0.05) is 0 Å². The minimum absolute atomic E-state index is 0.0847. The lowest BCUT2D eigenvalue weighted by molar-refractivity contribution is 0.0526. The molecule has 0 saturated heterocycles. The third-order valence-corrected chi connectivity index (χ3v) is 6.02. The van der Waals surface area contributed by atoms with Gasteiger partial charge in [0.2, 0.25) is 0 Å². The van der Waals surface area contributed by atoms with E-state index < -0.39 is 21.9 Å². The average molecular weight is 471 g/mol. The first kappa shape index (κ1) is 21.7. The number of methoxy groups -OCH3 is 1. The molecule has 0 aliphatic carbocycles. The van der Waals surface area contributed by atoms with Gasteiger partial charge < -0.3 is 14.8 Å². The number of anilines is 1. The second-order valence-electron chi connectivity index (χ2n) is 5.46. The zero-order valence-electron chi connectivity index (χ0n) is 15.4. The smallest absolute Gasteiger partial charge is 0.338 e. The van der Waals surface area contributed by atoms with Gasteiger partial charge in [0, 0.05) is 11.5 Å². The molecule has 2 aromatic rings. The molecule has 0 fully saturated rings. The quantitative estimate of drug-likeness (QED) is 0.601. The van der Waals surface area contributed by atoms with Crippen LogP contribution in [0.5, 0.6) is 5.75 Å². The van der Waals surface area contributed by atoms with Crippen molar-refractivity contribution >= 4 is 43.5 Å². The lowest BCUT2D eigenvalue weighted by Gasteiger charge is -2.14. The van der Waals surface area contributed by atoms with Crippen molar-refractivity contribution in [3.63, 3.8) is 0 Å². The minimum atomic E-state index is -4.05. The fourth-order valence-corrected chi connectivity index (χ4v) is 4.48. The number of ether oxygens (including phenoxy) is 2. The Morgan fingerprint density at radius 1 is 1.14 bits per heavy atom. The Labute approximate surface area is 171 Å². The maximum Gasteiger partial charge on any atom is 0.338 e. The van der Waals surface area contributed by atoms with Crippen molar-refractivity contribution in [3.8, 4) is 5.75 Å². The van der Waals surface area contributed by atoms with Gasteiger partial charge in [0.1, 0.15) is 10.6 Å². The summed E-state index contributed by atoms with van der Waals surface area (Å²) in [4.78, 5) is 23.8. The number of carbonyl (C=O) groups excluding carboxylic acids is 2. The van der Waals surface area contributed by atoms with Crippen molar-refractivity contribution in [1.29, 1.82) is 0 Å². The second kappa shape index (κ2) is 9.07. The number of rotatable bonds is 7. The highest BCUT2D eigenvalue weighted by Gasteiger charge is 2.22. The summed E-state index contributed by atoms with van der Waals surface area (Å²) >= 11 is 3.17. The fraction of sp³-hybridized carbons (Fsp3) is 0.222. The molecule has 28 heavy (non-hydrogen) atoms. The van der Waals surface area contributed by atoms with Crippen LogP contribution in [0.15, 0.2) is 45.8 Å². The number of carbonyl (C=O) groups is 2. The Bertz CT molecular complexity index is 1010. The van der Waals surface area contributed by atoms with E-state index in [1.165, 1.54) is 50.6 Å². The summed E-state index contributed by atoms with van der Waals surface area (Å²) in [7, 11) is -1.18. The predicted octanol–water partition coefficient (Wildman–Crippen LogP) is 2.79. The van der Waals surface area contributed by atoms with Crippen LogP contribution in [0.25, 0.3) is 0 Å². The van der Waals surface area contributed by atoms with Crippen molar-refractivity contribution in [2.75, 3.05) is 25.5 Å². The maximum absolute atomic E-state index is 12.8. The van der Waals surface area contributed by atoms with Crippen molar-refractivity contribution in [1.82, 2.24) is 5.32 Å². The molecule has 1 amide bonds. The van der Waals surface area contributed by atoms with Crippen molar-refractivity contribution in [3.05, 3.63) is 52.0 Å². The molecule has 0 unspecified atom stereocenters. The molecule has 0 saturated carbocycles. The number of benzene rings is 2. The van der Waals surface area contributed by atoms with Gasteiger partial charge in [0.15, 0.2) is 0 Å². The van der Waals surface area contributed by atoms with Gasteiger partial charge in [0.25, 0.3) is 15.9 Å². The summed E-state index contributed by atoms with van der Waals surface area (Å²) in [6, 6.07) is 8.38. The van der Waals surface area contributed by atoms with Crippen LogP contribution in [0.3, 0.4) is 0 Å². The van der Waals surface area contributed by atoms with E-state index in [2.05, 4.69) is 26.0 Å². The molecule has 150 valence electrons. The summed E-state index contributed by atoms with van der Waals surface area (Å²) in [5, 5.41) is 2.45. The Balaban J connectivity index is 2.41. The Morgan fingerprint density at radius 2 is 1.86 bits per heavy atom. The van der Waals surface area contributed by atoms with E-state index in [0.717, 1.165) is 0 Å². The number of sulfonamides is 1. The number of hydrogen-bond donors (Lipinski definition) is 2. The summed E-state index contributed by atoms with van der Waals surface area (Å²) < 4.78 is 38.2. The summed E-state index contributed by atoms with van der Waals surface area (Å²) in [6.45, 7) is 1.88. The monoisotopic (exact) mass is 470 g/mol. The molecule has 0 radical (unpaired) electrons. The Hall–Kier alpha value is -2.59. The molecule has 0 atom stereocenters. The zero-order valence-corrected chi connectivity index (χ0v) is 17.8. The molecular formula is C18H19BrN2O6S. The molecule has 8 nitrogen and oxygen atoms in total. The van der Waals surface area contributed by atoms with Crippen molar-refractivity contribution in [2.24, 2.45) is 0 Å². The van der Waals surface area contributed by atoms with E-state index >= 15 is 0 Å². The Morgan fingerprint density at radius 3 is 2.43 bits per heavy atom. The van der Waals surface area contributed by atoms with Crippen LogP contribution in [-0.4, -0.2) is 41.1 Å². The van der Waals surface area contributed by atoms with Gasteiger partial charge in [-0.15, -0.1) is 0 Å². The van der Waals surface area contributed by atoms with Crippen LogP contribution < -0.4 is 14.8 Å². The standard InChI is InChI=1S/C18H19BrN2O6S/c1-4-27-18(23)11-5-8-16(14(19)9-11)28(24,25)21-15-7-6-12(26-3)10-13(15)17(22)20-2/h5-10,21H,4H2,1-3H3,(H,20,22). The molecule has 0 aliphatic heterocycles. The maximum atomic E-state index is 12.8. The highest BCUT2D eigenvalue weighted by Crippen LogP contribution is 2.28. The molecule has 2 rings (SSSR count). The first-order chi connectivity index (χ1) is 13.2. The van der Waals surface area contributed by atoms with E-state index in [-0.39, 0.29) is 32.8 Å². The molecule has 0 heterocycles. The molecule has 0 aliphatic rings. The van der Waals surface area contributed by atoms with Crippen molar-refractivity contribution in [2.45, 2.75) is 11.8 Å². The van der Waals surface area contributed by atoms with Gasteiger partial charge in [-0.3, -0.25) is 9.52 Å². The lowest BCUT2D eigenvalue weighted by atomic mass is 10.1. The van der Waals surface area contributed by atoms with E-state index in [9.17, 15) is 18.0 Å². The van der Waals surface area contributed by atoms with Crippen LogP contribution in [0.2, 0.25) is 0 Å². The summed E-state index contributed by atoms with van der Waals surface area (Å²) in [6.07, 6.45) is 0. The largest absolute Gasteiger partial charge is 0.497 e. The average Bonchev–Trinajstić information content (AvgIpc) is 2.67. The Kier molecular flexibility index (Phi) is 7.03. The van der Waals surface area contributed by atoms with Crippen LogP contribution in [0.4, 0.5) is 5.69 Å². The van der Waals surface area contributed by atoms with Gasteiger partial charge in [-0.05, 0) is 59.3 Å². The number of hydrogen-bond acceptors (Lipinski definition) is 6. The van der Waals surface area contributed by atoms with E-state index in [1.807, 2.05) is 0 Å². The molecule has 0 bridgehead atoms. The molecule has 0 spiro atoms. The number of nitrogens with one attached hydrogen (secondary N) is 2.